The number of piperidine rings is 1. The molecule has 2 aliphatic rings. The molecule has 26 heavy (non-hydrogen) atoms. The summed E-state index contributed by atoms with van der Waals surface area (Å²) >= 11 is 0. The van der Waals surface area contributed by atoms with Gasteiger partial charge in [0, 0.05) is 25.7 Å². The fourth-order valence-corrected chi connectivity index (χ4v) is 5.06. The Bertz CT molecular complexity index is 744. The number of aromatic nitrogens is 2. The molecule has 2 fully saturated rings. The van der Waals surface area contributed by atoms with Crippen LogP contribution in [-0.4, -0.2) is 34.1 Å². The van der Waals surface area contributed by atoms with Crippen LogP contribution in [0.1, 0.15) is 70.3 Å². The number of rotatable bonds is 3. The van der Waals surface area contributed by atoms with Gasteiger partial charge >= 0.3 is 5.69 Å². The number of hydrogen-bond donors (Lipinski definition) is 1. The van der Waals surface area contributed by atoms with Crippen LogP contribution < -0.4 is 5.69 Å². The Morgan fingerprint density at radius 2 is 1.54 bits per heavy atom. The number of nitrogens with one attached hydrogen (secondary N) is 1. The van der Waals surface area contributed by atoms with Crippen LogP contribution in [0.25, 0.3) is 11.0 Å². The fourth-order valence-electron chi connectivity index (χ4n) is 5.06. The standard InChI is InChI=1S/C22H33N3O/c26-22-23-20-11-7-8-12-21(20)25(22)19-13-15-24(16-14-19)17-18-9-5-3-1-2-4-6-10-18/h7-8,11-12,18-19H,1-6,9-10,13-17H2,(H,23,26). The van der Waals surface area contributed by atoms with E-state index < -0.39 is 0 Å². The van der Waals surface area contributed by atoms with Crippen molar-refractivity contribution < 1.29 is 0 Å². The molecule has 2 aromatic rings. The normalized spacial score (nSPS) is 22.2. The van der Waals surface area contributed by atoms with Gasteiger partial charge in [-0.3, -0.25) is 4.57 Å². The van der Waals surface area contributed by atoms with Crippen LogP contribution in [0.3, 0.4) is 0 Å². The Morgan fingerprint density at radius 1 is 0.885 bits per heavy atom. The predicted octanol–water partition coefficient (Wildman–Crippen LogP) is 4.72. The lowest BCUT2D eigenvalue weighted by Gasteiger charge is -2.34. The van der Waals surface area contributed by atoms with Gasteiger partial charge in [0.05, 0.1) is 11.0 Å². The van der Waals surface area contributed by atoms with Crippen LogP contribution in [0.15, 0.2) is 29.1 Å². The minimum atomic E-state index is 0.0564. The van der Waals surface area contributed by atoms with Gasteiger partial charge in [0.2, 0.25) is 0 Å². The maximum atomic E-state index is 12.4. The van der Waals surface area contributed by atoms with E-state index in [1.807, 2.05) is 22.8 Å². The van der Waals surface area contributed by atoms with Crippen LogP contribution in [0, 0.1) is 5.92 Å². The van der Waals surface area contributed by atoms with E-state index in [0.717, 1.165) is 42.9 Å². The number of imidazole rings is 1. The van der Waals surface area contributed by atoms with Gasteiger partial charge in [-0.05, 0) is 43.7 Å². The molecule has 1 aliphatic heterocycles. The molecule has 142 valence electrons. The molecule has 2 heterocycles. The number of aromatic amines is 1. The maximum Gasteiger partial charge on any atom is 0.326 e. The van der Waals surface area contributed by atoms with Gasteiger partial charge in [0.25, 0.3) is 0 Å². The molecule has 1 aromatic heterocycles. The van der Waals surface area contributed by atoms with Gasteiger partial charge in [0.1, 0.15) is 0 Å². The minimum Gasteiger partial charge on any atom is -0.306 e. The Morgan fingerprint density at radius 3 is 2.27 bits per heavy atom. The van der Waals surface area contributed by atoms with Crippen molar-refractivity contribution in [1.29, 1.82) is 0 Å². The second-order valence-corrected chi connectivity index (χ2v) is 8.41. The summed E-state index contributed by atoms with van der Waals surface area (Å²) < 4.78 is 2.01. The first-order chi connectivity index (χ1) is 12.8. The maximum absolute atomic E-state index is 12.4. The Hall–Kier alpha value is -1.55. The summed E-state index contributed by atoms with van der Waals surface area (Å²) in [6.45, 7) is 3.54. The zero-order valence-corrected chi connectivity index (χ0v) is 16.0. The zero-order chi connectivity index (χ0) is 17.8. The Labute approximate surface area is 156 Å². The van der Waals surface area contributed by atoms with Crippen molar-refractivity contribution >= 4 is 11.0 Å². The molecule has 1 saturated heterocycles. The molecule has 1 aromatic carbocycles. The number of hydrogen-bond acceptors (Lipinski definition) is 2. The van der Waals surface area contributed by atoms with E-state index >= 15 is 0 Å². The molecule has 4 nitrogen and oxygen atoms in total. The lowest BCUT2D eigenvalue weighted by atomic mass is 9.95. The summed E-state index contributed by atoms with van der Waals surface area (Å²) in [6.07, 6.45) is 13.6. The third-order valence-electron chi connectivity index (χ3n) is 6.54. The van der Waals surface area contributed by atoms with Gasteiger partial charge in [0.15, 0.2) is 0 Å². The Kier molecular flexibility index (Phi) is 5.78. The van der Waals surface area contributed by atoms with E-state index in [-0.39, 0.29) is 5.69 Å². The SMILES string of the molecule is O=c1[nH]c2ccccc2n1C1CCN(CC2CCCCCCCC2)CC1. The molecule has 4 rings (SSSR count). The summed E-state index contributed by atoms with van der Waals surface area (Å²) in [5, 5.41) is 0. The number of para-hydroxylation sites is 2. The predicted molar refractivity (Wildman–Crippen MR) is 108 cm³/mol. The molecule has 1 N–H and O–H groups in total. The lowest BCUT2D eigenvalue weighted by molar-refractivity contribution is 0.155. The molecule has 4 heteroatoms. The first kappa shape index (κ1) is 17.8. The third-order valence-corrected chi connectivity index (χ3v) is 6.54. The van der Waals surface area contributed by atoms with Crippen molar-refractivity contribution in [3.63, 3.8) is 0 Å². The van der Waals surface area contributed by atoms with Crippen LogP contribution in [0.4, 0.5) is 0 Å². The molecule has 0 radical (unpaired) electrons. The lowest BCUT2D eigenvalue weighted by Crippen LogP contribution is -2.39. The topological polar surface area (TPSA) is 41.0 Å². The van der Waals surface area contributed by atoms with Crippen molar-refractivity contribution in [2.45, 2.75) is 70.3 Å². The second-order valence-electron chi connectivity index (χ2n) is 8.41. The van der Waals surface area contributed by atoms with Gasteiger partial charge in [-0.2, -0.15) is 0 Å². The number of benzene rings is 1. The van der Waals surface area contributed by atoms with Crippen LogP contribution in [-0.2, 0) is 0 Å². The van der Waals surface area contributed by atoms with E-state index in [0.29, 0.717) is 6.04 Å². The Balaban J connectivity index is 1.36. The molecule has 0 amide bonds. The van der Waals surface area contributed by atoms with E-state index in [9.17, 15) is 4.79 Å². The van der Waals surface area contributed by atoms with E-state index in [1.54, 1.807) is 0 Å². The molecular weight excluding hydrogens is 322 g/mol. The van der Waals surface area contributed by atoms with Gasteiger partial charge in [-0.1, -0.05) is 50.7 Å². The average molecular weight is 356 g/mol. The molecular formula is C22H33N3O. The van der Waals surface area contributed by atoms with Crippen LogP contribution >= 0.6 is 0 Å². The monoisotopic (exact) mass is 355 g/mol. The first-order valence-electron chi connectivity index (χ1n) is 10.7. The highest BCUT2D eigenvalue weighted by Gasteiger charge is 2.25. The number of H-pyrrole nitrogens is 1. The number of nitrogens with zero attached hydrogens (tertiary/aromatic N) is 2. The molecule has 0 spiro atoms. The van der Waals surface area contributed by atoms with Crippen molar-refractivity contribution in [2.24, 2.45) is 5.92 Å². The van der Waals surface area contributed by atoms with Crippen LogP contribution in [0.2, 0.25) is 0 Å². The highest BCUT2D eigenvalue weighted by atomic mass is 16.1. The van der Waals surface area contributed by atoms with Crippen molar-refractivity contribution in [1.82, 2.24) is 14.5 Å². The zero-order valence-electron chi connectivity index (χ0n) is 16.0. The summed E-state index contributed by atoms with van der Waals surface area (Å²) in [6, 6.07) is 8.42. The largest absolute Gasteiger partial charge is 0.326 e. The van der Waals surface area contributed by atoms with Crippen LogP contribution in [0.5, 0.6) is 0 Å². The first-order valence-corrected chi connectivity index (χ1v) is 10.7. The van der Waals surface area contributed by atoms with Gasteiger partial charge in [-0.25, -0.2) is 4.79 Å². The number of likely N-dealkylation sites (tertiary alicyclic amines) is 1. The van der Waals surface area contributed by atoms with Crippen molar-refractivity contribution in [2.75, 3.05) is 19.6 Å². The van der Waals surface area contributed by atoms with Gasteiger partial charge in [-0.15, -0.1) is 0 Å². The molecule has 0 unspecified atom stereocenters. The minimum absolute atomic E-state index is 0.0564. The molecule has 0 atom stereocenters. The highest BCUT2D eigenvalue weighted by molar-refractivity contribution is 5.75. The second kappa shape index (κ2) is 8.43. The van der Waals surface area contributed by atoms with E-state index in [4.69, 9.17) is 0 Å². The molecule has 1 aliphatic carbocycles. The summed E-state index contributed by atoms with van der Waals surface area (Å²) in [5.41, 5.74) is 2.08. The third kappa shape index (κ3) is 4.06. The molecule has 0 bridgehead atoms. The molecule has 1 saturated carbocycles. The summed E-state index contributed by atoms with van der Waals surface area (Å²) in [5.74, 6) is 0.889. The van der Waals surface area contributed by atoms with E-state index in [2.05, 4.69) is 16.0 Å². The smallest absolute Gasteiger partial charge is 0.306 e. The highest BCUT2D eigenvalue weighted by Crippen LogP contribution is 2.27. The fraction of sp³-hybridized carbons (Fsp3) is 0.682. The van der Waals surface area contributed by atoms with Crippen molar-refractivity contribution in [3.05, 3.63) is 34.7 Å². The van der Waals surface area contributed by atoms with Crippen molar-refractivity contribution in [3.8, 4) is 0 Å². The van der Waals surface area contributed by atoms with Gasteiger partial charge < -0.3 is 9.88 Å². The summed E-state index contributed by atoms with van der Waals surface area (Å²) in [4.78, 5) is 18.1. The quantitative estimate of drug-likeness (QED) is 0.866. The number of fused-ring (bicyclic) bond motifs is 1. The summed E-state index contributed by atoms with van der Waals surface area (Å²) in [7, 11) is 0. The average Bonchev–Trinajstić information content (AvgIpc) is 3.05. The van der Waals surface area contributed by atoms with E-state index in [1.165, 1.54) is 57.9 Å².